The largest absolute Gasteiger partial charge is 0.489 e. The van der Waals surface area contributed by atoms with Gasteiger partial charge in [0, 0.05) is 5.69 Å². The van der Waals surface area contributed by atoms with Crippen LogP contribution in [0.2, 0.25) is 0 Å². The van der Waals surface area contributed by atoms with Gasteiger partial charge in [0.1, 0.15) is 11.4 Å². The first-order valence-electron chi connectivity index (χ1n) is 11.6. The van der Waals surface area contributed by atoms with Crippen molar-refractivity contribution in [2.45, 2.75) is 47.1 Å². The zero-order chi connectivity index (χ0) is 24.4. The quantitative estimate of drug-likeness (QED) is 0.442. The van der Waals surface area contributed by atoms with Crippen LogP contribution in [0, 0.1) is 13.8 Å². The van der Waals surface area contributed by atoms with Gasteiger partial charge in [0.15, 0.2) is 0 Å². The molecule has 5 heteroatoms. The molecule has 0 bridgehead atoms. The van der Waals surface area contributed by atoms with Gasteiger partial charge in [-0.15, -0.1) is 0 Å². The van der Waals surface area contributed by atoms with E-state index in [9.17, 15) is 9.59 Å². The summed E-state index contributed by atoms with van der Waals surface area (Å²) in [5.74, 6) is -0.287. The number of carbonyl (C=O) groups excluding carboxylic acids is 2. The van der Waals surface area contributed by atoms with Gasteiger partial charge in [0.25, 0.3) is 11.8 Å². The molecule has 1 heterocycles. The molecule has 1 aliphatic heterocycles. The van der Waals surface area contributed by atoms with Crippen molar-refractivity contribution in [1.82, 2.24) is 0 Å². The van der Waals surface area contributed by atoms with E-state index in [0.29, 0.717) is 22.6 Å². The van der Waals surface area contributed by atoms with E-state index >= 15 is 0 Å². The SMILES string of the molecule is CCc1ccc(NC2=C(c3ccc(C)c(C)c3)C(=O)N(c3ccccc3OC(C)C)C2=O)cc1. The van der Waals surface area contributed by atoms with Gasteiger partial charge in [-0.05, 0) is 80.6 Å². The average Bonchev–Trinajstić information content (AvgIpc) is 3.05. The average molecular weight is 455 g/mol. The van der Waals surface area contributed by atoms with Crippen LogP contribution in [0.15, 0.2) is 72.4 Å². The van der Waals surface area contributed by atoms with Crippen molar-refractivity contribution in [3.05, 3.63) is 94.7 Å². The summed E-state index contributed by atoms with van der Waals surface area (Å²) in [6, 6.07) is 20.9. The predicted molar refractivity (Wildman–Crippen MR) is 137 cm³/mol. The lowest BCUT2D eigenvalue weighted by molar-refractivity contribution is -0.120. The summed E-state index contributed by atoms with van der Waals surface area (Å²) in [6.45, 7) is 9.94. The van der Waals surface area contributed by atoms with E-state index in [0.717, 1.165) is 23.2 Å². The summed E-state index contributed by atoms with van der Waals surface area (Å²) in [4.78, 5) is 28.8. The fourth-order valence-corrected chi connectivity index (χ4v) is 3.99. The number of imide groups is 1. The number of aryl methyl sites for hydroxylation is 3. The Morgan fingerprint density at radius 2 is 1.59 bits per heavy atom. The highest BCUT2D eigenvalue weighted by atomic mass is 16.5. The lowest BCUT2D eigenvalue weighted by Crippen LogP contribution is -2.33. The Balaban J connectivity index is 1.82. The van der Waals surface area contributed by atoms with Crippen LogP contribution in [-0.2, 0) is 16.0 Å². The van der Waals surface area contributed by atoms with Crippen LogP contribution in [0.4, 0.5) is 11.4 Å². The minimum Gasteiger partial charge on any atom is -0.489 e. The number of benzene rings is 3. The fraction of sp³-hybridized carbons (Fsp3) is 0.241. The molecule has 174 valence electrons. The second kappa shape index (κ2) is 9.56. The number of carbonyl (C=O) groups is 2. The summed E-state index contributed by atoms with van der Waals surface area (Å²) in [5, 5.41) is 3.24. The van der Waals surface area contributed by atoms with Crippen LogP contribution in [-0.4, -0.2) is 17.9 Å². The summed E-state index contributed by atoms with van der Waals surface area (Å²) < 4.78 is 5.92. The lowest BCUT2D eigenvalue weighted by atomic mass is 9.99. The van der Waals surface area contributed by atoms with E-state index in [4.69, 9.17) is 4.74 Å². The number of hydrogen-bond donors (Lipinski definition) is 1. The summed E-state index contributed by atoms with van der Waals surface area (Å²) in [6.07, 6.45) is 0.824. The van der Waals surface area contributed by atoms with Crippen molar-refractivity contribution in [2.24, 2.45) is 0 Å². The van der Waals surface area contributed by atoms with Gasteiger partial charge in [-0.3, -0.25) is 9.59 Å². The third-order valence-electron chi connectivity index (χ3n) is 5.98. The van der Waals surface area contributed by atoms with Gasteiger partial charge in [-0.25, -0.2) is 4.90 Å². The number of rotatable bonds is 7. The van der Waals surface area contributed by atoms with E-state index in [1.807, 2.05) is 76.2 Å². The molecule has 0 fully saturated rings. The number of nitrogens with one attached hydrogen (secondary N) is 1. The molecule has 3 aromatic carbocycles. The molecule has 0 aliphatic carbocycles. The maximum absolute atomic E-state index is 13.8. The first kappa shape index (κ1) is 23.3. The molecule has 0 unspecified atom stereocenters. The first-order valence-corrected chi connectivity index (χ1v) is 11.6. The molecular weight excluding hydrogens is 424 g/mol. The number of nitrogens with zero attached hydrogens (tertiary/aromatic N) is 1. The van der Waals surface area contributed by atoms with Crippen molar-refractivity contribution < 1.29 is 14.3 Å². The van der Waals surface area contributed by atoms with E-state index in [2.05, 4.69) is 12.2 Å². The third-order valence-corrected chi connectivity index (χ3v) is 5.98. The Bertz CT molecular complexity index is 1270. The highest BCUT2D eigenvalue weighted by Crippen LogP contribution is 2.38. The Kier molecular flexibility index (Phi) is 6.55. The summed E-state index contributed by atoms with van der Waals surface area (Å²) >= 11 is 0. The van der Waals surface area contributed by atoms with Crippen LogP contribution < -0.4 is 15.0 Å². The molecule has 0 radical (unpaired) electrons. The maximum atomic E-state index is 13.8. The zero-order valence-electron chi connectivity index (χ0n) is 20.3. The molecular formula is C29H30N2O3. The molecule has 1 aliphatic rings. The number of hydrogen-bond acceptors (Lipinski definition) is 4. The highest BCUT2D eigenvalue weighted by molar-refractivity contribution is 6.46. The molecule has 5 nitrogen and oxygen atoms in total. The minimum atomic E-state index is -0.405. The molecule has 0 saturated carbocycles. The molecule has 34 heavy (non-hydrogen) atoms. The van der Waals surface area contributed by atoms with Gasteiger partial charge in [0.05, 0.1) is 17.4 Å². The van der Waals surface area contributed by atoms with Crippen LogP contribution in [0.3, 0.4) is 0 Å². The molecule has 4 rings (SSSR count). The normalized spacial score (nSPS) is 13.8. The molecule has 0 aromatic heterocycles. The van der Waals surface area contributed by atoms with Crippen molar-refractivity contribution in [1.29, 1.82) is 0 Å². The monoisotopic (exact) mass is 454 g/mol. The van der Waals surface area contributed by atoms with Gasteiger partial charge >= 0.3 is 0 Å². The first-order chi connectivity index (χ1) is 16.3. The minimum absolute atomic E-state index is 0.101. The van der Waals surface area contributed by atoms with Gasteiger partial charge < -0.3 is 10.1 Å². The van der Waals surface area contributed by atoms with E-state index in [1.165, 1.54) is 10.5 Å². The fourth-order valence-electron chi connectivity index (χ4n) is 3.99. The smallest absolute Gasteiger partial charge is 0.282 e. The van der Waals surface area contributed by atoms with Crippen molar-refractivity contribution in [2.75, 3.05) is 10.2 Å². The number of ether oxygens (including phenoxy) is 1. The van der Waals surface area contributed by atoms with E-state index in [1.54, 1.807) is 18.2 Å². The van der Waals surface area contributed by atoms with E-state index in [-0.39, 0.29) is 17.7 Å². The lowest BCUT2D eigenvalue weighted by Gasteiger charge is -2.20. The number of para-hydroxylation sites is 2. The number of anilines is 2. The summed E-state index contributed by atoms with van der Waals surface area (Å²) in [7, 11) is 0. The molecule has 0 saturated heterocycles. The molecule has 3 aromatic rings. The van der Waals surface area contributed by atoms with Crippen molar-refractivity contribution >= 4 is 28.8 Å². The molecule has 1 N–H and O–H groups in total. The van der Waals surface area contributed by atoms with Gasteiger partial charge in [-0.1, -0.05) is 49.4 Å². The third kappa shape index (κ3) is 4.46. The Hall–Kier alpha value is -3.86. The second-order valence-electron chi connectivity index (χ2n) is 8.80. The zero-order valence-corrected chi connectivity index (χ0v) is 20.3. The topological polar surface area (TPSA) is 58.6 Å². The van der Waals surface area contributed by atoms with Crippen molar-refractivity contribution in [3.63, 3.8) is 0 Å². The number of amides is 2. The Labute approximate surface area is 201 Å². The summed E-state index contributed by atoms with van der Waals surface area (Å²) in [5.41, 5.74) is 5.89. The van der Waals surface area contributed by atoms with Crippen LogP contribution in [0.25, 0.3) is 5.57 Å². The highest BCUT2D eigenvalue weighted by Gasteiger charge is 2.41. The second-order valence-corrected chi connectivity index (χ2v) is 8.80. The van der Waals surface area contributed by atoms with Gasteiger partial charge in [-0.2, -0.15) is 0 Å². The maximum Gasteiger partial charge on any atom is 0.282 e. The van der Waals surface area contributed by atoms with Crippen LogP contribution in [0.1, 0.15) is 43.0 Å². The van der Waals surface area contributed by atoms with Crippen LogP contribution >= 0.6 is 0 Å². The Morgan fingerprint density at radius 1 is 0.882 bits per heavy atom. The van der Waals surface area contributed by atoms with Crippen molar-refractivity contribution in [3.8, 4) is 5.75 Å². The van der Waals surface area contributed by atoms with E-state index < -0.39 is 5.91 Å². The standard InChI is InChI=1S/C29H30N2O3/c1-6-21-12-15-23(16-13-21)30-27-26(22-14-11-19(4)20(5)17-22)28(32)31(29(27)33)24-9-7-8-10-25(24)34-18(2)3/h7-18,30H,6H2,1-5H3. The molecule has 0 atom stereocenters. The molecule has 2 amide bonds. The molecule has 0 spiro atoms. The Morgan fingerprint density at radius 3 is 2.24 bits per heavy atom. The van der Waals surface area contributed by atoms with Crippen LogP contribution in [0.5, 0.6) is 5.75 Å². The van der Waals surface area contributed by atoms with Gasteiger partial charge in [0.2, 0.25) is 0 Å². The predicted octanol–water partition coefficient (Wildman–Crippen LogP) is 6.05.